The van der Waals surface area contributed by atoms with E-state index in [4.69, 9.17) is 4.42 Å². The van der Waals surface area contributed by atoms with Gasteiger partial charge in [-0.15, -0.1) is 0 Å². The molecule has 0 bridgehead atoms. The Hall–Kier alpha value is -3.42. The third-order valence-corrected chi connectivity index (χ3v) is 4.24. The number of aryl methyl sites for hydroxylation is 2. The van der Waals surface area contributed by atoms with Crippen LogP contribution in [0.4, 0.5) is 4.39 Å². The zero-order valence-electron chi connectivity index (χ0n) is 15.6. The first kappa shape index (κ1) is 19.3. The molecule has 0 aliphatic rings. The van der Waals surface area contributed by atoms with Gasteiger partial charge in [0.05, 0.1) is 12.0 Å². The molecular formula is C20H21FN4O3. The average molecular weight is 384 g/mol. The third kappa shape index (κ3) is 4.64. The van der Waals surface area contributed by atoms with Crippen LogP contribution in [0.2, 0.25) is 0 Å². The molecule has 0 spiro atoms. The number of amides is 2. The van der Waals surface area contributed by atoms with E-state index in [9.17, 15) is 14.0 Å². The topological polar surface area (TPSA) is 89.2 Å². The van der Waals surface area contributed by atoms with Crippen LogP contribution in [0.25, 0.3) is 0 Å². The highest BCUT2D eigenvalue weighted by atomic mass is 19.1. The Kier molecular flexibility index (Phi) is 5.88. The van der Waals surface area contributed by atoms with Gasteiger partial charge in [0.15, 0.2) is 0 Å². The molecular weight excluding hydrogens is 363 g/mol. The number of halogens is 1. The molecule has 2 amide bonds. The summed E-state index contributed by atoms with van der Waals surface area (Å²) < 4.78 is 20.1. The lowest BCUT2D eigenvalue weighted by Crippen LogP contribution is -2.42. The van der Waals surface area contributed by atoms with Crippen molar-refractivity contribution < 1.29 is 18.4 Å². The van der Waals surface area contributed by atoms with E-state index in [0.717, 1.165) is 11.4 Å². The molecule has 7 nitrogen and oxygen atoms in total. The first-order valence-corrected chi connectivity index (χ1v) is 8.80. The largest absolute Gasteiger partial charge is 0.467 e. The van der Waals surface area contributed by atoms with Crippen LogP contribution in [0.15, 0.2) is 53.1 Å². The van der Waals surface area contributed by atoms with E-state index >= 15 is 0 Å². The second-order valence-electron chi connectivity index (χ2n) is 6.42. The summed E-state index contributed by atoms with van der Waals surface area (Å²) >= 11 is 0. The van der Waals surface area contributed by atoms with Gasteiger partial charge in [-0.05, 0) is 49.7 Å². The van der Waals surface area contributed by atoms with Gasteiger partial charge in [0.25, 0.3) is 0 Å². The fraction of sp³-hybridized carbons (Fsp3) is 0.250. The molecule has 2 N–H and O–H groups in total. The molecule has 8 heteroatoms. The number of hydrogen-bond acceptors (Lipinski definition) is 4. The van der Waals surface area contributed by atoms with E-state index < -0.39 is 11.8 Å². The Bertz CT molecular complexity index is 949. The Morgan fingerprint density at radius 1 is 1.14 bits per heavy atom. The van der Waals surface area contributed by atoms with Crippen molar-refractivity contribution in [2.75, 3.05) is 6.54 Å². The Labute approximate surface area is 161 Å². The van der Waals surface area contributed by atoms with Crippen LogP contribution in [0.1, 0.15) is 28.8 Å². The minimum absolute atomic E-state index is 0.131. The molecule has 1 aromatic carbocycles. The summed E-state index contributed by atoms with van der Waals surface area (Å²) in [4.78, 5) is 24.2. The van der Waals surface area contributed by atoms with Gasteiger partial charge in [-0.25, -0.2) is 4.39 Å². The van der Waals surface area contributed by atoms with Crippen molar-refractivity contribution in [3.05, 3.63) is 77.3 Å². The van der Waals surface area contributed by atoms with Crippen LogP contribution in [-0.2, 0) is 16.1 Å². The van der Waals surface area contributed by atoms with Gasteiger partial charge in [-0.2, -0.15) is 5.10 Å². The van der Waals surface area contributed by atoms with Crippen molar-refractivity contribution >= 4 is 11.8 Å². The molecule has 2 heterocycles. The van der Waals surface area contributed by atoms with Crippen LogP contribution >= 0.6 is 0 Å². The summed E-state index contributed by atoms with van der Waals surface area (Å²) in [5.41, 5.74) is 2.45. The lowest BCUT2D eigenvalue weighted by atomic mass is 10.2. The summed E-state index contributed by atoms with van der Waals surface area (Å²) in [5, 5.41) is 9.58. The molecule has 3 rings (SSSR count). The van der Waals surface area contributed by atoms with Crippen molar-refractivity contribution in [2.24, 2.45) is 0 Å². The molecule has 0 aliphatic carbocycles. The van der Waals surface area contributed by atoms with Crippen LogP contribution < -0.4 is 10.6 Å². The summed E-state index contributed by atoms with van der Waals surface area (Å²) in [6.45, 7) is 4.06. The Balaban J connectivity index is 1.61. The predicted octanol–water partition coefficient (Wildman–Crippen LogP) is 2.25. The number of carbonyl (C=O) groups is 2. The smallest absolute Gasteiger partial charge is 0.309 e. The molecule has 28 heavy (non-hydrogen) atoms. The molecule has 0 saturated carbocycles. The number of furan rings is 1. The van der Waals surface area contributed by atoms with E-state index in [1.807, 2.05) is 19.9 Å². The molecule has 2 aromatic heterocycles. The zero-order valence-corrected chi connectivity index (χ0v) is 15.6. The van der Waals surface area contributed by atoms with Crippen LogP contribution in [0, 0.1) is 19.7 Å². The SMILES string of the molecule is Cc1cc(C)n([C@@H](CNC(=O)C(=O)NCc2ccc(F)cc2)c2ccco2)n1. The van der Waals surface area contributed by atoms with E-state index in [1.165, 1.54) is 12.1 Å². The lowest BCUT2D eigenvalue weighted by molar-refractivity contribution is -0.139. The van der Waals surface area contributed by atoms with Gasteiger partial charge >= 0.3 is 11.8 Å². The van der Waals surface area contributed by atoms with Crippen molar-refractivity contribution in [1.82, 2.24) is 20.4 Å². The maximum atomic E-state index is 12.9. The fourth-order valence-electron chi connectivity index (χ4n) is 2.88. The first-order chi connectivity index (χ1) is 13.4. The van der Waals surface area contributed by atoms with Gasteiger partial charge in [0, 0.05) is 18.8 Å². The van der Waals surface area contributed by atoms with E-state index in [0.29, 0.717) is 11.3 Å². The van der Waals surface area contributed by atoms with Gasteiger partial charge in [-0.3, -0.25) is 14.3 Å². The number of benzene rings is 1. The number of aromatic nitrogens is 2. The summed E-state index contributed by atoms with van der Waals surface area (Å²) in [6.07, 6.45) is 1.55. The van der Waals surface area contributed by atoms with Gasteiger partial charge < -0.3 is 15.1 Å². The molecule has 146 valence electrons. The third-order valence-electron chi connectivity index (χ3n) is 4.24. The lowest BCUT2D eigenvalue weighted by Gasteiger charge is -2.18. The van der Waals surface area contributed by atoms with Crippen molar-refractivity contribution in [3.8, 4) is 0 Å². The minimum Gasteiger partial charge on any atom is -0.467 e. The normalized spacial score (nSPS) is 11.8. The summed E-state index contributed by atoms with van der Waals surface area (Å²) in [5.74, 6) is -1.27. The number of carbonyl (C=O) groups excluding carboxylic acids is 2. The Morgan fingerprint density at radius 2 is 1.86 bits per heavy atom. The van der Waals surface area contributed by atoms with Crippen molar-refractivity contribution in [1.29, 1.82) is 0 Å². The van der Waals surface area contributed by atoms with Gasteiger partial charge in [0.2, 0.25) is 0 Å². The first-order valence-electron chi connectivity index (χ1n) is 8.80. The summed E-state index contributed by atoms with van der Waals surface area (Å²) in [7, 11) is 0. The predicted molar refractivity (Wildman–Crippen MR) is 99.8 cm³/mol. The minimum atomic E-state index is -0.768. The molecule has 3 aromatic rings. The average Bonchev–Trinajstić information content (AvgIpc) is 3.31. The van der Waals surface area contributed by atoms with E-state index in [1.54, 1.807) is 35.2 Å². The highest BCUT2D eigenvalue weighted by Crippen LogP contribution is 2.20. The molecule has 0 aliphatic heterocycles. The standard InChI is InChI=1S/C20H21FN4O3/c1-13-10-14(2)25(24-13)17(18-4-3-9-28-18)12-23-20(27)19(26)22-11-15-5-7-16(21)8-6-15/h3-10,17H,11-12H2,1-2H3,(H,22,26)(H,23,27)/t17-/m0/s1. The zero-order chi connectivity index (χ0) is 20.1. The molecule has 0 unspecified atom stereocenters. The fourth-order valence-corrected chi connectivity index (χ4v) is 2.88. The number of nitrogens with one attached hydrogen (secondary N) is 2. The molecule has 0 saturated heterocycles. The number of nitrogens with zero attached hydrogens (tertiary/aromatic N) is 2. The van der Waals surface area contributed by atoms with Crippen LogP contribution in [-0.4, -0.2) is 28.1 Å². The van der Waals surface area contributed by atoms with Gasteiger partial charge in [-0.1, -0.05) is 12.1 Å². The molecule has 0 radical (unpaired) electrons. The van der Waals surface area contributed by atoms with Crippen molar-refractivity contribution in [2.45, 2.75) is 26.4 Å². The van der Waals surface area contributed by atoms with E-state index in [2.05, 4.69) is 15.7 Å². The highest BCUT2D eigenvalue weighted by Gasteiger charge is 2.22. The monoisotopic (exact) mass is 384 g/mol. The maximum absolute atomic E-state index is 12.9. The molecule has 0 fully saturated rings. The number of rotatable bonds is 6. The van der Waals surface area contributed by atoms with E-state index in [-0.39, 0.29) is 24.9 Å². The van der Waals surface area contributed by atoms with Crippen molar-refractivity contribution in [3.63, 3.8) is 0 Å². The highest BCUT2D eigenvalue weighted by molar-refractivity contribution is 6.35. The quantitative estimate of drug-likeness (QED) is 0.638. The number of hydrogen-bond donors (Lipinski definition) is 2. The van der Waals surface area contributed by atoms with Gasteiger partial charge in [0.1, 0.15) is 17.6 Å². The second kappa shape index (κ2) is 8.51. The summed E-state index contributed by atoms with van der Waals surface area (Å²) in [6, 6.07) is 10.8. The Morgan fingerprint density at radius 3 is 2.46 bits per heavy atom. The molecule has 1 atom stereocenters. The maximum Gasteiger partial charge on any atom is 0.309 e. The second-order valence-corrected chi connectivity index (χ2v) is 6.42. The van der Waals surface area contributed by atoms with Crippen LogP contribution in [0.5, 0.6) is 0 Å². The van der Waals surface area contributed by atoms with Crippen LogP contribution in [0.3, 0.4) is 0 Å².